The first-order chi connectivity index (χ1) is 13.5. The Bertz CT molecular complexity index is 836. The van der Waals surface area contributed by atoms with E-state index in [-0.39, 0.29) is 12.5 Å². The third-order valence-electron chi connectivity index (χ3n) is 4.42. The molecule has 0 bridgehead atoms. The molecular weight excluding hydrogens is 358 g/mol. The molecule has 0 unspecified atom stereocenters. The number of methoxy groups -OCH3 is 2. The van der Waals surface area contributed by atoms with Crippen molar-refractivity contribution >= 4 is 17.5 Å². The van der Waals surface area contributed by atoms with Crippen LogP contribution in [0.3, 0.4) is 0 Å². The summed E-state index contributed by atoms with van der Waals surface area (Å²) in [4.78, 5) is 23.7. The molecule has 2 rings (SSSR count). The number of ether oxygens (including phenoxy) is 2. The second-order valence-corrected chi connectivity index (χ2v) is 6.19. The minimum absolute atomic E-state index is 0.112. The van der Waals surface area contributed by atoms with E-state index in [0.29, 0.717) is 36.4 Å². The number of carbonyl (C=O) groups is 2. The van der Waals surface area contributed by atoms with Gasteiger partial charge in [-0.15, -0.1) is 0 Å². The third-order valence-corrected chi connectivity index (χ3v) is 4.42. The summed E-state index contributed by atoms with van der Waals surface area (Å²) in [6, 6.07) is 10.9. The first-order valence-corrected chi connectivity index (χ1v) is 9.13. The standard InChI is InChI=1S/C21H27N3O4/c1-4-15-16(21(22)26)6-5-7-17(15)24-13-20(25)23-11-10-14-8-9-18(27-2)19(12-14)28-3/h5-9,12,24H,4,10-11,13H2,1-3H3,(H2,22,26)(H,23,25). The Hall–Kier alpha value is -3.22. The van der Waals surface area contributed by atoms with Crippen molar-refractivity contribution in [2.45, 2.75) is 19.8 Å². The topological polar surface area (TPSA) is 103 Å². The van der Waals surface area contributed by atoms with Crippen LogP contribution >= 0.6 is 0 Å². The van der Waals surface area contributed by atoms with E-state index >= 15 is 0 Å². The van der Waals surface area contributed by atoms with Gasteiger partial charge < -0.3 is 25.8 Å². The summed E-state index contributed by atoms with van der Waals surface area (Å²) in [5.41, 5.74) is 8.48. The van der Waals surface area contributed by atoms with Crippen LogP contribution in [0.5, 0.6) is 11.5 Å². The van der Waals surface area contributed by atoms with Crippen LogP contribution in [-0.4, -0.2) is 39.1 Å². The lowest BCUT2D eigenvalue weighted by Crippen LogP contribution is -2.31. The van der Waals surface area contributed by atoms with Gasteiger partial charge in [0.15, 0.2) is 11.5 Å². The number of anilines is 1. The molecule has 7 nitrogen and oxygen atoms in total. The predicted octanol–water partition coefficient (Wildman–Crippen LogP) is 2.14. The van der Waals surface area contributed by atoms with Gasteiger partial charge in [-0.3, -0.25) is 9.59 Å². The maximum atomic E-state index is 12.1. The van der Waals surface area contributed by atoms with Gasteiger partial charge in [-0.2, -0.15) is 0 Å². The van der Waals surface area contributed by atoms with Crippen LogP contribution in [0.4, 0.5) is 5.69 Å². The number of amides is 2. The van der Waals surface area contributed by atoms with Gasteiger partial charge in [0, 0.05) is 17.8 Å². The molecule has 0 radical (unpaired) electrons. The van der Waals surface area contributed by atoms with Gasteiger partial charge in [0.25, 0.3) is 0 Å². The summed E-state index contributed by atoms with van der Waals surface area (Å²) in [7, 11) is 3.18. The van der Waals surface area contributed by atoms with Crippen molar-refractivity contribution in [1.82, 2.24) is 5.32 Å². The number of nitrogens with one attached hydrogen (secondary N) is 2. The van der Waals surface area contributed by atoms with Crippen molar-refractivity contribution < 1.29 is 19.1 Å². The Morgan fingerprint density at radius 3 is 2.46 bits per heavy atom. The molecule has 2 aromatic rings. The summed E-state index contributed by atoms with van der Waals surface area (Å²) in [6.45, 7) is 2.55. The van der Waals surface area contributed by atoms with Gasteiger partial charge in [-0.1, -0.05) is 19.1 Å². The van der Waals surface area contributed by atoms with Crippen molar-refractivity contribution in [2.24, 2.45) is 5.73 Å². The Labute approximate surface area is 165 Å². The molecule has 0 fully saturated rings. The number of rotatable bonds is 10. The zero-order chi connectivity index (χ0) is 20.5. The fourth-order valence-corrected chi connectivity index (χ4v) is 2.98. The van der Waals surface area contributed by atoms with Crippen molar-refractivity contribution in [1.29, 1.82) is 0 Å². The highest BCUT2D eigenvalue weighted by Crippen LogP contribution is 2.27. The van der Waals surface area contributed by atoms with Crippen LogP contribution in [-0.2, 0) is 17.6 Å². The van der Waals surface area contributed by atoms with E-state index in [1.807, 2.05) is 31.2 Å². The predicted molar refractivity (Wildman–Crippen MR) is 109 cm³/mol. The SMILES string of the molecule is CCc1c(NCC(=O)NCCc2ccc(OC)c(OC)c2)cccc1C(N)=O. The zero-order valence-corrected chi connectivity index (χ0v) is 16.5. The highest BCUT2D eigenvalue weighted by Gasteiger charge is 2.11. The molecule has 150 valence electrons. The lowest BCUT2D eigenvalue weighted by atomic mass is 10.0. The largest absolute Gasteiger partial charge is 0.493 e. The molecule has 0 spiro atoms. The van der Waals surface area contributed by atoms with E-state index < -0.39 is 5.91 Å². The van der Waals surface area contributed by atoms with Gasteiger partial charge >= 0.3 is 0 Å². The van der Waals surface area contributed by atoms with Crippen LogP contribution in [0.2, 0.25) is 0 Å². The molecule has 0 aliphatic rings. The van der Waals surface area contributed by atoms with Crippen LogP contribution < -0.4 is 25.8 Å². The summed E-state index contributed by atoms with van der Waals surface area (Å²) < 4.78 is 10.5. The molecule has 0 aliphatic heterocycles. The smallest absolute Gasteiger partial charge is 0.249 e. The van der Waals surface area contributed by atoms with Crippen molar-refractivity contribution in [3.05, 3.63) is 53.1 Å². The summed E-state index contributed by atoms with van der Waals surface area (Å²) in [5.74, 6) is 0.728. The Balaban J connectivity index is 1.87. The average molecular weight is 385 g/mol. The Kier molecular flexibility index (Phi) is 7.68. The van der Waals surface area contributed by atoms with E-state index in [4.69, 9.17) is 15.2 Å². The minimum atomic E-state index is -0.472. The molecule has 0 saturated heterocycles. The molecule has 0 heterocycles. The number of carbonyl (C=O) groups excluding carboxylic acids is 2. The van der Waals surface area contributed by atoms with Gasteiger partial charge in [0.05, 0.1) is 20.8 Å². The van der Waals surface area contributed by atoms with E-state index in [9.17, 15) is 9.59 Å². The molecule has 0 aromatic heterocycles. The van der Waals surface area contributed by atoms with Crippen LogP contribution in [0, 0.1) is 0 Å². The van der Waals surface area contributed by atoms with E-state index in [0.717, 1.165) is 16.8 Å². The lowest BCUT2D eigenvalue weighted by Gasteiger charge is -2.14. The molecule has 2 aromatic carbocycles. The lowest BCUT2D eigenvalue weighted by molar-refractivity contribution is -0.119. The second kappa shape index (κ2) is 10.2. The van der Waals surface area contributed by atoms with Gasteiger partial charge in [0.1, 0.15) is 0 Å². The van der Waals surface area contributed by atoms with E-state index in [1.54, 1.807) is 26.4 Å². The number of primary amides is 1. The highest BCUT2D eigenvalue weighted by molar-refractivity contribution is 5.96. The molecule has 7 heteroatoms. The summed E-state index contributed by atoms with van der Waals surface area (Å²) in [5, 5.41) is 5.96. The maximum absolute atomic E-state index is 12.1. The van der Waals surface area contributed by atoms with Crippen molar-refractivity contribution in [2.75, 3.05) is 32.6 Å². The molecular formula is C21H27N3O4. The molecule has 0 atom stereocenters. The first-order valence-electron chi connectivity index (χ1n) is 9.13. The van der Waals surface area contributed by atoms with E-state index in [1.165, 1.54) is 0 Å². The Morgan fingerprint density at radius 1 is 1.07 bits per heavy atom. The number of hydrogen-bond donors (Lipinski definition) is 3. The maximum Gasteiger partial charge on any atom is 0.249 e. The van der Waals surface area contributed by atoms with Gasteiger partial charge in [-0.05, 0) is 48.2 Å². The van der Waals surface area contributed by atoms with Crippen molar-refractivity contribution in [3.8, 4) is 11.5 Å². The van der Waals surface area contributed by atoms with Crippen molar-refractivity contribution in [3.63, 3.8) is 0 Å². The fourth-order valence-electron chi connectivity index (χ4n) is 2.98. The van der Waals surface area contributed by atoms with Gasteiger partial charge in [-0.25, -0.2) is 0 Å². The van der Waals surface area contributed by atoms with E-state index in [2.05, 4.69) is 10.6 Å². The van der Waals surface area contributed by atoms with Crippen LogP contribution in [0.25, 0.3) is 0 Å². The average Bonchev–Trinajstić information content (AvgIpc) is 2.71. The minimum Gasteiger partial charge on any atom is -0.493 e. The summed E-state index contributed by atoms with van der Waals surface area (Å²) in [6.07, 6.45) is 1.31. The normalized spacial score (nSPS) is 10.2. The molecule has 0 aliphatic carbocycles. The zero-order valence-electron chi connectivity index (χ0n) is 16.5. The molecule has 0 saturated carbocycles. The monoisotopic (exact) mass is 385 g/mol. The van der Waals surface area contributed by atoms with Gasteiger partial charge in [0.2, 0.25) is 11.8 Å². The van der Waals surface area contributed by atoms with Crippen LogP contribution in [0.15, 0.2) is 36.4 Å². The third kappa shape index (κ3) is 5.39. The summed E-state index contributed by atoms with van der Waals surface area (Å²) >= 11 is 0. The fraction of sp³-hybridized carbons (Fsp3) is 0.333. The molecule has 4 N–H and O–H groups in total. The Morgan fingerprint density at radius 2 is 1.82 bits per heavy atom. The number of hydrogen-bond acceptors (Lipinski definition) is 5. The quantitative estimate of drug-likeness (QED) is 0.581. The first kappa shape index (κ1) is 21.1. The molecule has 2 amide bonds. The number of nitrogens with two attached hydrogens (primary N) is 1. The number of benzene rings is 2. The highest BCUT2D eigenvalue weighted by atomic mass is 16.5. The van der Waals surface area contributed by atoms with Crippen LogP contribution in [0.1, 0.15) is 28.4 Å². The second-order valence-electron chi connectivity index (χ2n) is 6.19. The molecule has 28 heavy (non-hydrogen) atoms.